The molecule has 0 saturated carbocycles. The highest BCUT2D eigenvalue weighted by molar-refractivity contribution is 6.14. The molecule has 1 fully saturated rings. The summed E-state index contributed by atoms with van der Waals surface area (Å²) in [7, 11) is 0. The lowest BCUT2D eigenvalue weighted by molar-refractivity contribution is -0.106. The zero-order valence-corrected chi connectivity index (χ0v) is 15.4. The van der Waals surface area contributed by atoms with E-state index in [2.05, 4.69) is 32.2 Å². The average molecular weight is 339 g/mol. The van der Waals surface area contributed by atoms with E-state index < -0.39 is 0 Å². The fourth-order valence-electron chi connectivity index (χ4n) is 4.42. The fraction of sp³-hybridized carbons (Fsp3) is 0.500. The monoisotopic (exact) mass is 339 g/mol. The number of carbonyl (C=O) groups excluding carboxylic acids is 1. The summed E-state index contributed by atoms with van der Waals surface area (Å²) in [5.74, 6) is 0.682. The van der Waals surface area contributed by atoms with Crippen LogP contribution in [0.4, 0.5) is 0 Å². The molecule has 1 aliphatic heterocycles. The van der Waals surface area contributed by atoms with Gasteiger partial charge in [-0.3, -0.25) is 4.79 Å². The SMILES string of the molecule is C=C(C)C(CCC)C1C(=C)c2cc(C3CCN(O)CC3)ccc2C1=O. The largest absolute Gasteiger partial charge is 0.314 e. The van der Waals surface area contributed by atoms with Crippen molar-refractivity contribution in [3.63, 3.8) is 0 Å². The van der Waals surface area contributed by atoms with Gasteiger partial charge in [0, 0.05) is 18.7 Å². The van der Waals surface area contributed by atoms with E-state index in [9.17, 15) is 10.0 Å². The molecule has 0 radical (unpaired) electrons. The molecule has 1 heterocycles. The third-order valence-electron chi connectivity index (χ3n) is 5.89. The lowest BCUT2D eigenvalue weighted by Gasteiger charge is -2.28. The first-order valence-corrected chi connectivity index (χ1v) is 9.40. The van der Waals surface area contributed by atoms with E-state index in [1.807, 2.05) is 13.0 Å². The third-order valence-corrected chi connectivity index (χ3v) is 5.89. The molecule has 134 valence electrons. The highest BCUT2D eigenvalue weighted by Crippen LogP contribution is 2.44. The summed E-state index contributed by atoms with van der Waals surface area (Å²) in [6.07, 6.45) is 3.91. The Balaban J connectivity index is 1.89. The third kappa shape index (κ3) is 3.36. The van der Waals surface area contributed by atoms with Crippen LogP contribution in [0.15, 0.2) is 36.9 Å². The molecule has 1 aliphatic carbocycles. The minimum atomic E-state index is -0.151. The zero-order valence-electron chi connectivity index (χ0n) is 15.4. The van der Waals surface area contributed by atoms with E-state index in [0.29, 0.717) is 19.0 Å². The number of nitrogens with zero attached hydrogens (tertiary/aromatic N) is 1. The van der Waals surface area contributed by atoms with E-state index in [1.165, 1.54) is 10.6 Å². The molecule has 1 aromatic rings. The molecule has 0 bridgehead atoms. The molecule has 2 aliphatic rings. The predicted octanol–water partition coefficient (Wildman–Crippen LogP) is 5.07. The fourth-order valence-corrected chi connectivity index (χ4v) is 4.42. The minimum Gasteiger partial charge on any atom is -0.314 e. The van der Waals surface area contributed by atoms with Crippen LogP contribution in [0.1, 0.15) is 66.9 Å². The van der Waals surface area contributed by atoms with Crippen LogP contribution >= 0.6 is 0 Å². The number of carbonyl (C=O) groups is 1. The van der Waals surface area contributed by atoms with Crippen LogP contribution in [0.3, 0.4) is 0 Å². The second-order valence-electron chi connectivity index (χ2n) is 7.64. The molecule has 3 nitrogen and oxygen atoms in total. The number of allylic oxidation sites excluding steroid dienone is 2. The molecule has 0 spiro atoms. The van der Waals surface area contributed by atoms with Crippen molar-refractivity contribution in [3.8, 4) is 0 Å². The van der Waals surface area contributed by atoms with Crippen LogP contribution in [0.5, 0.6) is 0 Å². The van der Waals surface area contributed by atoms with Crippen LogP contribution in [0.2, 0.25) is 0 Å². The normalized spacial score (nSPS) is 22.9. The van der Waals surface area contributed by atoms with Crippen molar-refractivity contribution in [2.75, 3.05) is 13.1 Å². The van der Waals surface area contributed by atoms with Crippen LogP contribution in [-0.4, -0.2) is 29.1 Å². The quantitative estimate of drug-likeness (QED) is 0.761. The minimum absolute atomic E-state index is 0.151. The number of hydrogen-bond donors (Lipinski definition) is 1. The second kappa shape index (κ2) is 7.27. The Labute approximate surface area is 151 Å². The molecule has 1 N–H and O–H groups in total. The molecular weight excluding hydrogens is 310 g/mol. The van der Waals surface area contributed by atoms with Gasteiger partial charge in [0.1, 0.15) is 0 Å². The number of hydroxylamine groups is 2. The summed E-state index contributed by atoms with van der Waals surface area (Å²) >= 11 is 0. The number of Topliss-reactive ketones (excluding diaryl/α,β-unsaturated/α-hetero) is 1. The summed E-state index contributed by atoms with van der Waals surface area (Å²) in [5.41, 5.74) is 5.15. The summed E-state index contributed by atoms with van der Waals surface area (Å²) in [6.45, 7) is 14.0. The van der Waals surface area contributed by atoms with Crippen LogP contribution in [-0.2, 0) is 0 Å². The lowest BCUT2D eigenvalue weighted by atomic mass is 9.79. The number of rotatable bonds is 5. The van der Waals surface area contributed by atoms with Gasteiger partial charge in [-0.05, 0) is 54.7 Å². The van der Waals surface area contributed by atoms with E-state index in [4.69, 9.17) is 0 Å². The number of piperidine rings is 1. The summed E-state index contributed by atoms with van der Waals surface area (Å²) in [5, 5.41) is 11.0. The van der Waals surface area contributed by atoms with Crippen molar-refractivity contribution in [2.24, 2.45) is 11.8 Å². The van der Waals surface area contributed by atoms with Crippen molar-refractivity contribution in [1.29, 1.82) is 0 Å². The van der Waals surface area contributed by atoms with E-state index in [-0.39, 0.29) is 17.6 Å². The molecule has 3 rings (SSSR count). The maximum absolute atomic E-state index is 13.0. The van der Waals surface area contributed by atoms with E-state index >= 15 is 0 Å². The van der Waals surface area contributed by atoms with Gasteiger partial charge in [0.05, 0.1) is 5.92 Å². The molecule has 1 saturated heterocycles. The van der Waals surface area contributed by atoms with Crippen molar-refractivity contribution in [3.05, 3.63) is 53.6 Å². The van der Waals surface area contributed by atoms with Crippen LogP contribution < -0.4 is 0 Å². The van der Waals surface area contributed by atoms with E-state index in [1.54, 1.807) is 0 Å². The first-order chi connectivity index (χ1) is 11.9. The van der Waals surface area contributed by atoms with Crippen molar-refractivity contribution in [1.82, 2.24) is 5.06 Å². The second-order valence-corrected chi connectivity index (χ2v) is 7.64. The van der Waals surface area contributed by atoms with Gasteiger partial charge in [0.15, 0.2) is 5.78 Å². The van der Waals surface area contributed by atoms with Crippen LogP contribution in [0, 0.1) is 11.8 Å². The first-order valence-electron chi connectivity index (χ1n) is 9.40. The van der Waals surface area contributed by atoms with Gasteiger partial charge in [-0.2, -0.15) is 5.06 Å². The highest BCUT2D eigenvalue weighted by atomic mass is 16.5. The Morgan fingerprint density at radius 2 is 2.00 bits per heavy atom. The summed E-state index contributed by atoms with van der Waals surface area (Å²) < 4.78 is 0. The Kier molecular flexibility index (Phi) is 5.26. The predicted molar refractivity (Wildman–Crippen MR) is 102 cm³/mol. The lowest BCUT2D eigenvalue weighted by Crippen LogP contribution is -2.29. The Morgan fingerprint density at radius 3 is 2.60 bits per heavy atom. The smallest absolute Gasteiger partial charge is 0.171 e. The molecule has 25 heavy (non-hydrogen) atoms. The number of fused-ring (bicyclic) bond motifs is 1. The van der Waals surface area contributed by atoms with Gasteiger partial charge < -0.3 is 5.21 Å². The molecular formula is C22H29NO2. The molecule has 1 aromatic carbocycles. The number of benzene rings is 1. The Hall–Kier alpha value is -1.71. The van der Waals surface area contributed by atoms with Crippen molar-refractivity contribution in [2.45, 2.75) is 45.4 Å². The van der Waals surface area contributed by atoms with Gasteiger partial charge in [-0.25, -0.2) is 0 Å². The molecule has 0 aromatic heterocycles. The molecule has 3 heteroatoms. The van der Waals surface area contributed by atoms with Gasteiger partial charge in [-0.1, -0.05) is 50.3 Å². The van der Waals surface area contributed by atoms with Crippen molar-refractivity contribution >= 4 is 11.4 Å². The zero-order chi connectivity index (χ0) is 18.1. The number of ketones is 1. The van der Waals surface area contributed by atoms with Gasteiger partial charge in [-0.15, -0.1) is 0 Å². The Morgan fingerprint density at radius 1 is 1.32 bits per heavy atom. The standard InChI is InChI=1S/C22H29NO2/c1-5-6-18(14(2)3)21-15(4)20-13-17(7-8-19(20)22(21)24)16-9-11-23(25)12-10-16/h7-8,13,16,18,21,25H,2,4-6,9-12H2,1,3H3. The molecule has 2 unspecified atom stereocenters. The average Bonchev–Trinajstić information content (AvgIpc) is 2.84. The molecule has 0 amide bonds. The number of hydrogen-bond acceptors (Lipinski definition) is 3. The van der Waals surface area contributed by atoms with Crippen LogP contribution in [0.25, 0.3) is 5.57 Å². The van der Waals surface area contributed by atoms with Gasteiger partial charge >= 0.3 is 0 Å². The Bertz CT molecular complexity index is 698. The maximum Gasteiger partial charge on any atom is 0.171 e. The van der Waals surface area contributed by atoms with E-state index in [0.717, 1.165) is 48.0 Å². The highest BCUT2D eigenvalue weighted by Gasteiger charge is 2.39. The molecule has 2 atom stereocenters. The van der Waals surface area contributed by atoms with Crippen molar-refractivity contribution < 1.29 is 10.0 Å². The summed E-state index contributed by atoms with van der Waals surface area (Å²) in [6, 6.07) is 6.26. The topological polar surface area (TPSA) is 40.5 Å². The maximum atomic E-state index is 13.0. The summed E-state index contributed by atoms with van der Waals surface area (Å²) in [4.78, 5) is 13.0. The van der Waals surface area contributed by atoms with Gasteiger partial charge in [0.25, 0.3) is 0 Å². The first kappa shape index (κ1) is 18.1. The van der Waals surface area contributed by atoms with Gasteiger partial charge in [0.2, 0.25) is 0 Å².